The molecule has 7 nitrogen and oxygen atoms in total. The van der Waals surface area contributed by atoms with E-state index in [0.29, 0.717) is 6.61 Å². The highest BCUT2D eigenvalue weighted by atomic mass is 127. The number of guanidine groups is 1. The van der Waals surface area contributed by atoms with Gasteiger partial charge in [-0.2, -0.15) is 0 Å². The summed E-state index contributed by atoms with van der Waals surface area (Å²) < 4.78 is 11.7. The molecule has 1 aromatic rings. The minimum absolute atomic E-state index is 0. The van der Waals surface area contributed by atoms with Crippen molar-refractivity contribution in [2.75, 3.05) is 45.2 Å². The van der Waals surface area contributed by atoms with E-state index in [4.69, 9.17) is 9.47 Å². The first-order valence-electron chi connectivity index (χ1n) is 9.71. The molecule has 156 valence electrons. The maximum Gasteiger partial charge on any atom is 0.221 e. The van der Waals surface area contributed by atoms with Crippen molar-refractivity contribution in [2.45, 2.75) is 38.4 Å². The number of ether oxygens (including phenoxy) is 2. The van der Waals surface area contributed by atoms with Gasteiger partial charge in [-0.05, 0) is 37.0 Å². The summed E-state index contributed by atoms with van der Waals surface area (Å²) in [7, 11) is 1.82. The van der Waals surface area contributed by atoms with Crippen molar-refractivity contribution in [3.05, 3.63) is 29.8 Å². The third kappa shape index (κ3) is 6.59. The van der Waals surface area contributed by atoms with Gasteiger partial charge in [0.25, 0.3) is 0 Å². The van der Waals surface area contributed by atoms with E-state index in [9.17, 15) is 4.79 Å². The number of carbonyl (C=O) groups excluding carboxylic acids is 1. The fourth-order valence-electron chi connectivity index (χ4n) is 3.60. The Hall–Kier alpha value is -1.39. The second-order valence-corrected chi connectivity index (χ2v) is 7.01. The molecular weight excluding hydrogens is 471 g/mol. The van der Waals surface area contributed by atoms with Crippen LogP contribution in [0.4, 0.5) is 5.69 Å². The summed E-state index contributed by atoms with van der Waals surface area (Å²) in [5, 5.41) is 6.24. The molecule has 0 aliphatic carbocycles. The lowest BCUT2D eigenvalue weighted by molar-refractivity contribution is -0.114. The van der Waals surface area contributed by atoms with Crippen molar-refractivity contribution in [3.63, 3.8) is 0 Å². The number of hydrogen-bond donors (Lipinski definition) is 2. The summed E-state index contributed by atoms with van der Waals surface area (Å²) >= 11 is 0. The lowest BCUT2D eigenvalue weighted by Gasteiger charge is -2.37. The van der Waals surface area contributed by atoms with E-state index in [2.05, 4.69) is 20.5 Å². The highest BCUT2D eigenvalue weighted by Gasteiger charge is 2.32. The van der Waals surface area contributed by atoms with Gasteiger partial charge in [0, 0.05) is 45.9 Å². The molecule has 2 aliphatic rings. The molecule has 2 aliphatic heterocycles. The number of hydrogen-bond acceptors (Lipinski definition) is 4. The highest BCUT2D eigenvalue weighted by Crippen LogP contribution is 2.21. The molecule has 0 spiro atoms. The molecule has 0 bridgehead atoms. The third-order valence-corrected chi connectivity index (χ3v) is 4.96. The molecular formula is C20H31IN4O3. The maximum atomic E-state index is 11.1. The van der Waals surface area contributed by atoms with Gasteiger partial charge in [0.1, 0.15) is 6.10 Å². The van der Waals surface area contributed by atoms with Crippen LogP contribution in [0.15, 0.2) is 29.3 Å². The molecule has 2 saturated heterocycles. The monoisotopic (exact) mass is 502 g/mol. The van der Waals surface area contributed by atoms with Crippen LogP contribution in [0.3, 0.4) is 0 Å². The number of nitrogens with one attached hydrogen (secondary N) is 2. The van der Waals surface area contributed by atoms with Gasteiger partial charge in [-0.3, -0.25) is 9.79 Å². The topological polar surface area (TPSA) is 75.2 Å². The molecule has 0 aromatic heterocycles. The average Bonchev–Trinajstić information content (AvgIpc) is 3.21. The summed E-state index contributed by atoms with van der Waals surface area (Å²) in [4.78, 5) is 17.8. The standard InChI is InChI=1S/C20H30N4O3.HI/c1-15(25)23-17-7-5-16(6-8-17)9-10-22-20(21-2)24-11-13-27-19(14-24)18-4-3-12-26-18;/h5-8,18-19H,3-4,9-14H2,1-2H3,(H,21,22)(H,23,25);1H. The Kier molecular flexibility index (Phi) is 9.46. The first kappa shape index (κ1) is 22.9. The van der Waals surface area contributed by atoms with Crippen molar-refractivity contribution in [2.24, 2.45) is 4.99 Å². The Morgan fingerprint density at radius 2 is 1.96 bits per heavy atom. The number of aliphatic imine (C=N–C) groups is 1. The Bertz CT molecular complexity index is 647. The smallest absolute Gasteiger partial charge is 0.221 e. The molecule has 2 N–H and O–H groups in total. The van der Waals surface area contributed by atoms with Crippen LogP contribution in [0.5, 0.6) is 0 Å². The Balaban J connectivity index is 0.00000280. The van der Waals surface area contributed by atoms with E-state index < -0.39 is 0 Å². The van der Waals surface area contributed by atoms with E-state index >= 15 is 0 Å². The number of halogens is 1. The van der Waals surface area contributed by atoms with Gasteiger partial charge in [-0.1, -0.05) is 12.1 Å². The van der Waals surface area contributed by atoms with Gasteiger partial charge < -0.3 is 25.0 Å². The lowest BCUT2D eigenvalue weighted by atomic mass is 10.1. The van der Waals surface area contributed by atoms with Crippen LogP contribution < -0.4 is 10.6 Å². The minimum atomic E-state index is -0.0555. The predicted octanol–water partition coefficient (Wildman–Crippen LogP) is 2.26. The van der Waals surface area contributed by atoms with Crippen LogP contribution in [0.2, 0.25) is 0 Å². The van der Waals surface area contributed by atoms with Crippen molar-refractivity contribution < 1.29 is 14.3 Å². The van der Waals surface area contributed by atoms with Crippen molar-refractivity contribution in [1.82, 2.24) is 10.2 Å². The Morgan fingerprint density at radius 1 is 1.21 bits per heavy atom. The predicted molar refractivity (Wildman–Crippen MR) is 122 cm³/mol. The maximum absolute atomic E-state index is 11.1. The summed E-state index contributed by atoms with van der Waals surface area (Å²) in [5.41, 5.74) is 2.04. The largest absolute Gasteiger partial charge is 0.375 e. The number of benzene rings is 1. The summed E-state index contributed by atoms with van der Waals surface area (Å²) in [5.74, 6) is 0.858. The fraction of sp³-hybridized carbons (Fsp3) is 0.600. The Morgan fingerprint density at radius 3 is 2.61 bits per heavy atom. The first-order valence-corrected chi connectivity index (χ1v) is 9.71. The van der Waals surface area contributed by atoms with Gasteiger partial charge in [0.2, 0.25) is 5.91 Å². The van der Waals surface area contributed by atoms with Crippen LogP contribution in [-0.2, 0) is 20.7 Å². The summed E-state index contributed by atoms with van der Waals surface area (Å²) in [6, 6.07) is 7.94. The highest BCUT2D eigenvalue weighted by molar-refractivity contribution is 14.0. The van der Waals surface area contributed by atoms with Crippen LogP contribution in [0.1, 0.15) is 25.3 Å². The zero-order valence-electron chi connectivity index (χ0n) is 16.6. The number of morpholine rings is 1. The van der Waals surface area contributed by atoms with Crippen LogP contribution >= 0.6 is 24.0 Å². The van der Waals surface area contributed by atoms with E-state index in [-0.39, 0.29) is 42.1 Å². The minimum Gasteiger partial charge on any atom is -0.375 e. The van der Waals surface area contributed by atoms with E-state index in [1.54, 1.807) is 0 Å². The second kappa shape index (κ2) is 11.6. The average molecular weight is 502 g/mol. The molecule has 2 heterocycles. The normalized spacial score (nSPS) is 22.5. The molecule has 3 rings (SSSR count). The molecule has 2 fully saturated rings. The van der Waals surface area contributed by atoms with E-state index in [1.807, 2.05) is 31.3 Å². The van der Waals surface area contributed by atoms with Gasteiger partial charge in [0.05, 0.1) is 12.7 Å². The first-order chi connectivity index (χ1) is 13.2. The molecule has 0 saturated carbocycles. The fourth-order valence-corrected chi connectivity index (χ4v) is 3.60. The van der Waals surface area contributed by atoms with Crippen LogP contribution in [-0.4, -0.2) is 68.9 Å². The molecule has 1 aromatic carbocycles. The van der Waals surface area contributed by atoms with Gasteiger partial charge in [-0.15, -0.1) is 24.0 Å². The number of amides is 1. The van der Waals surface area contributed by atoms with Crippen LogP contribution in [0, 0.1) is 0 Å². The SMILES string of the molecule is CN=C(NCCc1ccc(NC(C)=O)cc1)N1CCOC(C2CCCO2)C1.I. The number of rotatable bonds is 5. The second-order valence-electron chi connectivity index (χ2n) is 7.01. The summed E-state index contributed by atoms with van der Waals surface area (Å²) in [6.07, 6.45) is 3.44. The molecule has 8 heteroatoms. The number of nitrogens with zero attached hydrogens (tertiary/aromatic N) is 2. The Labute approximate surface area is 184 Å². The van der Waals surface area contributed by atoms with Gasteiger partial charge in [-0.25, -0.2) is 0 Å². The van der Waals surface area contributed by atoms with Crippen molar-refractivity contribution >= 4 is 41.5 Å². The number of anilines is 1. The zero-order chi connectivity index (χ0) is 19.1. The molecule has 1 amide bonds. The third-order valence-electron chi connectivity index (χ3n) is 4.96. The van der Waals surface area contributed by atoms with Crippen molar-refractivity contribution in [3.8, 4) is 0 Å². The molecule has 2 unspecified atom stereocenters. The lowest BCUT2D eigenvalue weighted by Crippen LogP contribution is -2.53. The van der Waals surface area contributed by atoms with Gasteiger partial charge >= 0.3 is 0 Å². The van der Waals surface area contributed by atoms with Crippen molar-refractivity contribution in [1.29, 1.82) is 0 Å². The molecule has 0 radical (unpaired) electrons. The molecule has 28 heavy (non-hydrogen) atoms. The zero-order valence-corrected chi connectivity index (χ0v) is 19.0. The summed E-state index contributed by atoms with van der Waals surface area (Å²) in [6.45, 7) is 5.52. The van der Waals surface area contributed by atoms with E-state index in [1.165, 1.54) is 12.5 Å². The quantitative estimate of drug-likeness (QED) is 0.367. The number of carbonyl (C=O) groups is 1. The van der Waals surface area contributed by atoms with Gasteiger partial charge in [0.15, 0.2) is 5.96 Å². The van der Waals surface area contributed by atoms with E-state index in [0.717, 1.165) is 57.2 Å². The van der Waals surface area contributed by atoms with Crippen LogP contribution in [0.25, 0.3) is 0 Å². The molecule has 2 atom stereocenters.